The van der Waals surface area contributed by atoms with Crippen LogP contribution in [0.5, 0.6) is 17.2 Å². The van der Waals surface area contributed by atoms with Crippen molar-refractivity contribution in [1.82, 2.24) is 0 Å². The van der Waals surface area contributed by atoms with Gasteiger partial charge in [-0.05, 0) is 36.8 Å². The van der Waals surface area contributed by atoms with E-state index in [1.807, 2.05) is 0 Å². The highest BCUT2D eigenvalue weighted by Gasteiger charge is 2.18. The van der Waals surface area contributed by atoms with Crippen LogP contribution >= 0.6 is 0 Å². The minimum atomic E-state index is -0.288. The van der Waals surface area contributed by atoms with Crippen LogP contribution in [0, 0.1) is 0 Å². The SMILES string of the molecule is C[N+](C)(C)CCCc1c(-c2ccc(O)c(O)c2)oc2cc(O)ccc2c1=O.[Cl-]. The molecule has 0 aliphatic heterocycles. The van der Waals surface area contributed by atoms with E-state index in [1.165, 1.54) is 24.3 Å². The van der Waals surface area contributed by atoms with Gasteiger partial charge in [0.05, 0.1) is 33.1 Å². The number of hydrogen-bond acceptors (Lipinski definition) is 5. The van der Waals surface area contributed by atoms with E-state index in [2.05, 4.69) is 21.1 Å². The van der Waals surface area contributed by atoms with E-state index in [9.17, 15) is 20.1 Å². The Morgan fingerprint density at radius 3 is 2.32 bits per heavy atom. The Morgan fingerprint density at radius 1 is 0.964 bits per heavy atom. The topological polar surface area (TPSA) is 90.9 Å². The summed E-state index contributed by atoms with van der Waals surface area (Å²) in [6.45, 7) is 0.882. The van der Waals surface area contributed by atoms with E-state index in [1.54, 1.807) is 12.1 Å². The predicted octanol–water partition coefficient (Wildman–Crippen LogP) is 0.220. The van der Waals surface area contributed by atoms with E-state index >= 15 is 0 Å². The summed E-state index contributed by atoms with van der Waals surface area (Å²) in [5.74, 6) is -0.188. The number of quaternary nitrogens is 1. The quantitative estimate of drug-likeness (QED) is 0.417. The third kappa shape index (κ3) is 4.58. The zero-order chi connectivity index (χ0) is 19.8. The Balaban J connectivity index is 0.00000280. The van der Waals surface area contributed by atoms with Crippen molar-refractivity contribution in [3.63, 3.8) is 0 Å². The molecule has 0 unspecified atom stereocenters. The zero-order valence-electron chi connectivity index (χ0n) is 16.1. The summed E-state index contributed by atoms with van der Waals surface area (Å²) in [6, 6.07) is 8.72. The lowest BCUT2D eigenvalue weighted by molar-refractivity contribution is -0.870. The number of aromatic hydroxyl groups is 3. The normalized spacial score (nSPS) is 11.4. The molecule has 0 bridgehead atoms. The summed E-state index contributed by atoms with van der Waals surface area (Å²) < 4.78 is 6.74. The van der Waals surface area contributed by atoms with Crippen molar-refractivity contribution >= 4 is 11.0 Å². The van der Waals surface area contributed by atoms with E-state index in [4.69, 9.17) is 4.42 Å². The van der Waals surface area contributed by atoms with Gasteiger partial charge in [0.1, 0.15) is 17.1 Å². The van der Waals surface area contributed by atoms with E-state index in [-0.39, 0.29) is 40.7 Å². The maximum absolute atomic E-state index is 13.1. The first kappa shape index (κ1) is 21.6. The summed E-state index contributed by atoms with van der Waals surface area (Å²) in [5, 5.41) is 29.6. The molecule has 0 atom stereocenters. The van der Waals surface area contributed by atoms with Gasteiger partial charge in [0.2, 0.25) is 0 Å². The van der Waals surface area contributed by atoms with Crippen LogP contribution in [0.15, 0.2) is 45.6 Å². The average molecular weight is 406 g/mol. The lowest BCUT2D eigenvalue weighted by atomic mass is 10.00. The number of fused-ring (bicyclic) bond motifs is 1. The van der Waals surface area contributed by atoms with Gasteiger partial charge in [-0.2, -0.15) is 0 Å². The molecule has 1 aromatic heterocycles. The van der Waals surface area contributed by atoms with Crippen molar-refractivity contribution in [3.05, 3.63) is 52.2 Å². The molecule has 3 rings (SSSR count). The Hall–Kier alpha value is -2.70. The fourth-order valence-electron chi connectivity index (χ4n) is 3.08. The second kappa shape index (κ2) is 8.12. The summed E-state index contributed by atoms with van der Waals surface area (Å²) in [4.78, 5) is 13.1. The van der Waals surface area contributed by atoms with Gasteiger partial charge in [-0.3, -0.25) is 4.79 Å². The predicted molar refractivity (Wildman–Crippen MR) is 104 cm³/mol. The molecule has 7 heteroatoms. The van der Waals surface area contributed by atoms with Crippen LogP contribution in [0.4, 0.5) is 0 Å². The average Bonchev–Trinajstić information content (AvgIpc) is 2.58. The number of benzene rings is 2. The molecule has 150 valence electrons. The first-order valence-corrected chi connectivity index (χ1v) is 8.77. The van der Waals surface area contributed by atoms with Crippen molar-refractivity contribution in [3.8, 4) is 28.6 Å². The minimum absolute atomic E-state index is 0. The highest BCUT2D eigenvalue weighted by molar-refractivity contribution is 5.82. The third-order valence-corrected chi connectivity index (χ3v) is 4.46. The van der Waals surface area contributed by atoms with Gasteiger partial charge in [0.15, 0.2) is 16.9 Å². The van der Waals surface area contributed by atoms with E-state index in [0.717, 1.165) is 17.4 Å². The third-order valence-electron chi connectivity index (χ3n) is 4.46. The molecule has 0 saturated heterocycles. The van der Waals surface area contributed by atoms with Gasteiger partial charge in [-0.25, -0.2) is 0 Å². The second-order valence-corrected chi connectivity index (χ2v) is 7.74. The number of phenolic OH excluding ortho intramolecular Hbond substituents is 3. The number of nitrogens with zero attached hydrogens (tertiary/aromatic N) is 1. The largest absolute Gasteiger partial charge is 1.00 e. The second-order valence-electron chi connectivity index (χ2n) is 7.74. The van der Waals surface area contributed by atoms with E-state index in [0.29, 0.717) is 28.7 Å². The molecule has 0 saturated carbocycles. The molecular weight excluding hydrogens is 382 g/mol. The smallest absolute Gasteiger partial charge is 0.196 e. The first-order valence-electron chi connectivity index (χ1n) is 8.77. The fourth-order valence-corrected chi connectivity index (χ4v) is 3.08. The molecule has 28 heavy (non-hydrogen) atoms. The van der Waals surface area contributed by atoms with E-state index < -0.39 is 0 Å². The van der Waals surface area contributed by atoms with Crippen molar-refractivity contribution < 1.29 is 36.6 Å². The van der Waals surface area contributed by atoms with Crippen molar-refractivity contribution in [2.75, 3.05) is 27.7 Å². The van der Waals surface area contributed by atoms with Gasteiger partial charge in [-0.1, -0.05) is 0 Å². The number of halogens is 1. The molecule has 3 aromatic rings. The van der Waals surface area contributed by atoms with Crippen LogP contribution in [0.3, 0.4) is 0 Å². The highest BCUT2D eigenvalue weighted by atomic mass is 35.5. The monoisotopic (exact) mass is 405 g/mol. The fraction of sp³-hybridized carbons (Fsp3) is 0.286. The molecule has 2 aromatic carbocycles. The molecule has 0 radical (unpaired) electrons. The minimum Gasteiger partial charge on any atom is -1.00 e. The molecule has 0 fully saturated rings. The van der Waals surface area contributed by atoms with Gasteiger partial charge >= 0.3 is 0 Å². The van der Waals surface area contributed by atoms with Gasteiger partial charge < -0.3 is 36.6 Å². The standard InChI is InChI=1S/C21H23NO5.ClH/c1-22(2,3)10-4-5-16-20(26)15-8-7-14(23)12-19(15)27-21(16)13-6-9-17(24)18(25)11-13;/h6-9,11-12H,4-5,10H2,1-3H3,(H2-,23,24,25,26);1H. The lowest BCUT2D eigenvalue weighted by Crippen LogP contribution is -3.00. The Bertz CT molecular complexity index is 1050. The number of phenols is 3. The molecule has 6 nitrogen and oxygen atoms in total. The van der Waals surface area contributed by atoms with Crippen LogP contribution < -0.4 is 17.8 Å². The van der Waals surface area contributed by atoms with Crippen LogP contribution in [0.25, 0.3) is 22.3 Å². The molecule has 0 aliphatic rings. The van der Waals surface area contributed by atoms with Crippen LogP contribution in [0.1, 0.15) is 12.0 Å². The molecule has 1 heterocycles. The summed E-state index contributed by atoms with van der Waals surface area (Å²) in [6.07, 6.45) is 1.31. The molecule has 3 N–H and O–H groups in total. The number of rotatable bonds is 5. The summed E-state index contributed by atoms with van der Waals surface area (Å²) >= 11 is 0. The van der Waals surface area contributed by atoms with Crippen molar-refractivity contribution in [2.24, 2.45) is 0 Å². The van der Waals surface area contributed by atoms with Gasteiger partial charge in [-0.15, -0.1) is 0 Å². The molecular formula is C21H24ClNO5. The van der Waals surface area contributed by atoms with Crippen LogP contribution in [-0.2, 0) is 6.42 Å². The Labute approximate surface area is 169 Å². The summed E-state index contributed by atoms with van der Waals surface area (Å²) in [5.41, 5.74) is 1.14. The summed E-state index contributed by atoms with van der Waals surface area (Å²) in [7, 11) is 6.26. The van der Waals surface area contributed by atoms with Gasteiger partial charge in [0.25, 0.3) is 0 Å². The maximum Gasteiger partial charge on any atom is 0.196 e. The Kier molecular flexibility index (Phi) is 6.27. The number of hydrogen-bond donors (Lipinski definition) is 3. The zero-order valence-corrected chi connectivity index (χ0v) is 16.8. The lowest BCUT2D eigenvalue weighted by Gasteiger charge is -2.23. The molecule has 0 aliphatic carbocycles. The Morgan fingerprint density at radius 2 is 1.68 bits per heavy atom. The first-order chi connectivity index (χ1) is 12.7. The van der Waals surface area contributed by atoms with Crippen molar-refractivity contribution in [1.29, 1.82) is 0 Å². The maximum atomic E-state index is 13.1. The molecule has 0 amide bonds. The van der Waals surface area contributed by atoms with Gasteiger partial charge in [0, 0.05) is 23.6 Å². The molecule has 0 spiro atoms. The van der Waals surface area contributed by atoms with Crippen molar-refractivity contribution in [2.45, 2.75) is 12.8 Å². The van der Waals surface area contributed by atoms with Crippen LogP contribution in [-0.4, -0.2) is 47.5 Å². The van der Waals surface area contributed by atoms with Crippen LogP contribution in [0.2, 0.25) is 0 Å². The highest BCUT2D eigenvalue weighted by Crippen LogP contribution is 2.33.